The molecule has 0 spiro atoms. The highest BCUT2D eigenvalue weighted by molar-refractivity contribution is 6.32. The molecule has 2 aliphatic heterocycles. The zero-order valence-corrected chi connectivity index (χ0v) is 14.2. The fourth-order valence-electron chi connectivity index (χ4n) is 3.28. The lowest BCUT2D eigenvalue weighted by Crippen LogP contribution is -2.45. The van der Waals surface area contributed by atoms with Gasteiger partial charge < -0.3 is 9.84 Å². The Balaban J connectivity index is 1.49. The third kappa shape index (κ3) is 4.78. The number of hydrogen-bond donors (Lipinski definition) is 1. The third-order valence-corrected chi connectivity index (χ3v) is 4.88. The van der Waals surface area contributed by atoms with Crippen molar-refractivity contribution in [1.29, 1.82) is 0 Å². The van der Waals surface area contributed by atoms with Crippen LogP contribution in [0.15, 0.2) is 30.3 Å². The number of aliphatic hydroxyl groups is 1. The number of β-amino-alcohol motifs (C(OH)–C–C–N with tert-alkyl or cyclic N) is 1. The van der Waals surface area contributed by atoms with E-state index in [2.05, 4.69) is 21.9 Å². The monoisotopic (exact) mass is 336 g/mol. The van der Waals surface area contributed by atoms with Crippen LogP contribution in [0.4, 0.5) is 0 Å². The van der Waals surface area contributed by atoms with Crippen molar-refractivity contribution < 1.29 is 9.84 Å². The first kappa shape index (κ1) is 16.9. The van der Waals surface area contributed by atoms with Crippen LogP contribution in [-0.4, -0.2) is 73.5 Å². The molecule has 0 bridgehead atoms. The van der Waals surface area contributed by atoms with E-state index in [-0.39, 0.29) is 6.10 Å². The van der Waals surface area contributed by atoms with E-state index in [0.29, 0.717) is 0 Å². The van der Waals surface area contributed by atoms with E-state index in [1.807, 2.05) is 18.2 Å². The summed E-state index contributed by atoms with van der Waals surface area (Å²) in [6.07, 6.45) is 2.92. The van der Waals surface area contributed by atoms with Gasteiger partial charge in [-0.05, 0) is 23.6 Å². The van der Waals surface area contributed by atoms with E-state index in [9.17, 15) is 5.11 Å². The lowest BCUT2D eigenvalue weighted by Gasteiger charge is -2.32. The molecule has 1 N–H and O–H groups in total. The van der Waals surface area contributed by atoms with Gasteiger partial charge in [0.05, 0.1) is 19.3 Å². The first-order valence-corrected chi connectivity index (χ1v) is 8.74. The number of halogens is 1. The highest BCUT2D eigenvalue weighted by Crippen LogP contribution is 2.28. The van der Waals surface area contributed by atoms with Gasteiger partial charge in [0.1, 0.15) is 0 Å². The molecule has 1 saturated heterocycles. The van der Waals surface area contributed by atoms with Gasteiger partial charge >= 0.3 is 0 Å². The van der Waals surface area contributed by atoms with Crippen LogP contribution in [0.1, 0.15) is 12.0 Å². The molecule has 1 aromatic carbocycles. The molecular weight excluding hydrogens is 312 g/mol. The second kappa shape index (κ2) is 8.27. The Bertz CT molecular complexity index is 544. The maximum Gasteiger partial charge on any atom is 0.0793 e. The molecule has 2 aliphatic rings. The summed E-state index contributed by atoms with van der Waals surface area (Å²) in [7, 11) is 0. The van der Waals surface area contributed by atoms with Crippen molar-refractivity contribution in [2.45, 2.75) is 12.5 Å². The Morgan fingerprint density at radius 1 is 1.09 bits per heavy atom. The lowest BCUT2D eigenvalue weighted by atomic mass is 9.99. The predicted octanol–water partition coefficient (Wildman–Crippen LogP) is 2.12. The van der Waals surface area contributed by atoms with Gasteiger partial charge in [-0.3, -0.25) is 9.80 Å². The van der Waals surface area contributed by atoms with E-state index >= 15 is 0 Å². The van der Waals surface area contributed by atoms with Crippen molar-refractivity contribution in [1.82, 2.24) is 9.80 Å². The number of morpholine rings is 1. The Morgan fingerprint density at radius 2 is 1.83 bits per heavy atom. The van der Waals surface area contributed by atoms with Crippen LogP contribution in [0.5, 0.6) is 0 Å². The molecule has 0 amide bonds. The van der Waals surface area contributed by atoms with Crippen molar-refractivity contribution in [3.8, 4) is 0 Å². The van der Waals surface area contributed by atoms with Crippen LogP contribution in [0, 0.1) is 0 Å². The molecule has 0 radical (unpaired) electrons. The summed E-state index contributed by atoms with van der Waals surface area (Å²) in [5.74, 6) is 0. The van der Waals surface area contributed by atoms with Crippen molar-refractivity contribution in [2.75, 3.05) is 52.5 Å². The molecule has 0 aliphatic carbocycles. The maximum atomic E-state index is 10.3. The minimum absolute atomic E-state index is 0.302. The average molecular weight is 337 g/mol. The molecule has 2 heterocycles. The maximum absolute atomic E-state index is 10.3. The lowest BCUT2D eigenvalue weighted by molar-refractivity contribution is 0.00768. The topological polar surface area (TPSA) is 35.9 Å². The highest BCUT2D eigenvalue weighted by Gasteiger charge is 2.20. The minimum Gasteiger partial charge on any atom is -0.390 e. The molecular formula is C18H25ClN2O2. The molecule has 126 valence electrons. The van der Waals surface area contributed by atoms with E-state index in [1.54, 1.807) is 0 Å². The largest absolute Gasteiger partial charge is 0.390 e. The summed E-state index contributed by atoms with van der Waals surface area (Å²) < 4.78 is 5.34. The molecule has 1 fully saturated rings. The SMILES string of the molecule is OC(CN1CC=C(c2ccccc2Cl)CC1)CN1CCOCC1. The molecule has 23 heavy (non-hydrogen) atoms. The van der Waals surface area contributed by atoms with Gasteiger partial charge in [-0.15, -0.1) is 0 Å². The van der Waals surface area contributed by atoms with Gasteiger partial charge in [0.25, 0.3) is 0 Å². The molecule has 1 aromatic rings. The fraction of sp³-hybridized carbons (Fsp3) is 0.556. The van der Waals surface area contributed by atoms with Gasteiger partial charge in [0, 0.05) is 44.3 Å². The van der Waals surface area contributed by atoms with Crippen LogP contribution in [-0.2, 0) is 4.74 Å². The van der Waals surface area contributed by atoms with Crippen LogP contribution < -0.4 is 0 Å². The minimum atomic E-state index is -0.302. The van der Waals surface area contributed by atoms with Crippen LogP contribution in [0.25, 0.3) is 5.57 Å². The third-order valence-electron chi connectivity index (χ3n) is 4.55. The van der Waals surface area contributed by atoms with Gasteiger partial charge in [0.2, 0.25) is 0 Å². The first-order chi connectivity index (χ1) is 11.2. The summed E-state index contributed by atoms with van der Waals surface area (Å²) in [6.45, 7) is 6.71. The summed E-state index contributed by atoms with van der Waals surface area (Å²) >= 11 is 6.28. The molecule has 4 nitrogen and oxygen atoms in total. The van der Waals surface area contributed by atoms with Gasteiger partial charge in [-0.25, -0.2) is 0 Å². The van der Waals surface area contributed by atoms with Crippen LogP contribution in [0.2, 0.25) is 5.02 Å². The quantitative estimate of drug-likeness (QED) is 0.893. The van der Waals surface area contributed by atoms with Crippen molar-refractivity contribution in [3.05, 3.63) is 40.9 Å². The Labute approximate surface area is 143 Å². The Hall–Kier alpha value is -0.910. The highest BCUT2D eigenvalue weighted by atomic mass is 35.5. The summed E-state index contributed by atoms with van der Waals surface area (Å²) in [5.41, 5.74) is 2.46. The summed E-state index contributed by atoms with van der Waals surface area (Å²) in [5, 5.41) is 11.1. The van der Waals surface area contributed by atoms with Crippen molar-refractivity contribution >= 4 is 17.2 Å². The molecule has 1 atom stereocenters. The predicted molar refractivity (Wildman–Crippen MR) is 93.8 cm³/mol. The van der Waals surface area contributed by atoms with E-state index in [0.717, 1.165) is 69.5 Å². The standard InChI is InChI=1S/C18H25ClN2O2/c19-18-4-2-1-3-17(18)15-5-7-20(8-6-15)13-16(22)14-21-9-11-23-12-10-21/h1-5,16,22H,6-14H2. The second-order valence-corrected chi connectivity index (χ2v) is 6.69. The van der Waals surface area contributed by atoms with E-state index in [1.165, 1.54) is 5.57 Å². The van der Waals surface area contributed by atoms with Crippen molar-refractivity contribution in [3.63, 3.8) is 0 Å². The van der Waals surface area contributed by atoms with Crippen LogP contribution in [0.3, 0.4) is 0 Å². The zero-order valence-electron chi connectivity index (χ0n) is 13.5. The Morgan fingerprint density at radius 3 is 2.52 bits per heavy atom. The van der Waals surface area contributed by atoms with Gasteiger partial charge in [0.15, 0.2) is 0 Å². The number of ether oxygens (including phenoxy) is 1. The molecule has 5 heteroatoms. The smallest absolute Gasteiger partial charge is 0.0793 e. The molecule has 0 aromatic heterocycles. The number of aliphatic hydroxyl groups excluding tert-OH is 1. The summed E-state index contributed by atoms with van der Waals surface area (Å²) in [4.78, 5) is 4.59. The molecule has 3 rings (SSSR count). The van der Waals surface area contributed by atoms with E-state index in [4.69, 9.17) is 16.3 Å². The number of benzene rings is 1. The number of hydrogen-bond acceptors (Lipinski definition) is 4. The second-order valence-electron chi connectivity index (χ2n) is 6.29. The molecule has 1 unspecified atom stereocenters. The summed E-state index contributed by atoms with van der Waals surface area (Å²) in [6, 6.07) is 8.01. The van der Waals surface area contributed by atoms with Crippen molar-refractivity contribution in [2.24, 2.45) is 0 Å². The number of nitrogens with zero attached hydrogens (tertiary/aromatic N) is 2. The number of rotatable bonds is 5. The van der Waals surface area contributed by atoms with E-state index < -0.39 is 0 Å². The Kier molecular flexibility index (Phi) is 6.08. The normalized spacial score (nSPS) is 21.9. The fourth-order valence-corrected chi connectivity index (χ4v) is 3.54. The molecule has 0 saturated carbocycles. The van der Waals surface area contributed by atoms with Gasteiger partial charge in [-0.2, -0.15) is 0 Å². The average Bonchev–Trinajstić information content (AvgIpc) is 2.57. The van der Waals surface area contributed by atoms with Crippen LogP contribution >= 0.6 is 11.6 Å². The van der Waals surface area contributed by atoms with Gasteiger partial charge in [-0.1, -0.05) is 35.9 Å². The first-order valence-electron chi connectivity index (χ1n) is 8.37. The zero-order chi connectivity index (χ0) is 16.1.